The van der Waals surface area contributed by atoms with Crippen LogP contribution in [0.2, 0.25) is 0 Å². The summed E-state index contributed by atoms with van der Waals surface area (Å²) in [7, 11) is 0. The van der Waals surface area contributed by atoms with Crippen molar-refractivity contribution in [3.63, 3.8) is 0 Å². The maximum Gasteiger partial charge on any atom is 0.191 e. The van der Waals surface area contributed by atoms with Crippen LogP contribution in [0.25, 0.3) is 0 Å². The van der Waals surface area contributed by atoms with Crippen LogP contribution in [0.4, 0.5) is 0 Å². The van der Waals surface area contributed by atoms with Gasteiger partial charge >= 0.3 is 0 Å². The van der Waals surface area contributed by atoms with E-state index in [1.807, 2.05) is 24.3 Å². The van der Waals surface area contributed by atoms with E-state index in [2.05, 4.69) is 53.8 Å². The fourth-order valence-corrected chi connectivity index (χ4v) is 4.72. The Kier molecular flexibility index (Phi) is 4.58. The number of nitriles is 3. The molecule has 0 amide bonds. The Hall–Kier alpha value is -2.30. The molecular weight excluding hydrogens is 423 g/mol. The fourth-order valence-electron chi connectivity index (χ4n) is 4.15. The molecule has 0 radical (unpaired) electrons. The molecule has 124 valence electrons. The summed E-state index contributed by atoms with van der Waals surface area (Å²) in [6.07, 6.45) is 3.80. The molecule has 3 atom stereocenters. The molecule has 3 rings (SSSR count). The first-order valence-electron chi connectivity index (χ1n) is 8.17. The van der Waals surface area contributed by atoms with Crippen molar-refractivity contribution in [1.82, 2.24) is 0 Å². The highest BCUT2D eigenvalue weighted by atomic mass is 127. The first-order valence-corrected chi connectivity index (χ1v) is 9.25. The number of hydrogen-bond acceptors (Lipinski definition) is 4. The fraction of sp³-hybridized carbons (Fsp3) is 0.350. The summed E-state index contributed by atoms with van der Waals surface area (Å²) in [6.45, 7) is 2.16. The van der Waals surface area contributed by atoms with Gasteiger partial charge in [-0.3, -0.25) is 0 Å². The summed E-state index contributed by atoms with van der Waals surface area (Å²) in [5.41, 5.74) is 7.00. The lowest BCUT2D eigenvalue weighted by atomic mass is 9.56. The number of nitrogens with two attached hydrogens (primary N) is 1. The third-order valence-corrected chi connectivity index (χ3v) is 5.99. The maximum atomic E-state index is 9.97. The molecule has 1 aromatic carbocycles. The Morgan fingerprint density at radius 2 is 1.96 bits per heavy atom. The minimum absolute atomic E-state index is 0.0526. The lowest BCUT2D eigenvalue weighted by Crippen LogP contribution is -2.43. The van der Waals surface area contributed by atoms with Crippen LogP contribution < -0.4 is 5.73 Å². The van der Waals surface area contributed by atoms with Crippen molar-refractivity contribution in [1.29, 1.82) is 15.8 Å². The Balaban J connectivity index is 2.34. The van der Waals surface area contributed by atoms with Gasteiger partial charge in [0.15, 0.2) is 5.41 Å². The first-order chi connectivity index (χ1) is 12.0. The van der Waals surface area contributed by atoms with Gasteiger partial charge in [-0.05, 0) is 70.5 Å². The van der Waals surface area contributed by atoms with Crippen LogP contribution in [-0.2, 0) is 0 Å². The van der Waals surface area contributed by atoms with E-state index in [9.17, 15) is 15.8 Å². The Bertz CT molecular complexity index is 893. The predicted molar refractivity (Wildman–Crippen MR) is 102 cm³/mol. The highest BCUT2D eigenvalue weighted by Crippen LogP contribution is 2.56. The van der Waals surface area contributed by atoms with Gasteiger partial charge in [-0.25, -0.2) is 0 Å². The summed E-state index contributed by atoms with van der Waals surface area (Å²) in [5, 5.41) is 29.6. The van der Waals surface area contributed by atoms with Gasteiger partial charge in [0.1, 0.15) is 6.07 Å². The summed E-state index contributed by atoms with van der Waals surface area (Å²) < 4.78 is 1.04. The van der Waals surface area contributed by atoms with Gasteiger partial charge in [-0.15, -0.1) is 0 Å². The molecule has 0 spiro atoms. The summed E-state index contributed by atoms with van der Waals surface area (Å²) in [4.78, 5) is 0. The second kappa shape index (κ2) is 6.54. The molecule has 25 heavy (non-hydrogen) atoms. The number of allylic oxidation sites excluding steroid dienone is 4. The highest BCUT2D eigenvalue weighted by molar-refractivity contribution is 14.1. The highest BCUT2D eigenvalue weighted by Gasteiger charge is 2.54. The molecule has 0 heterocycles. The second-order valence-electron chi connectivity index (χ2n) is 6.81. The number of halogens is 1. The van der Waals surface area contributed by atoms with Gasteiger partial charge in [0.25, 0.3) is 0 Å². The van der Waals surface area contributed by atoms with E-state index in [4.69, 9.17) is 5.73 Å². The van der Waals surface area contributed by atoms with Gasteiger partial charge in [0.05, 0.1) is 23.4 Å². The Morgan fingerprint density at radius 3 is 2.56 bits per heavy atom. The van der Waals surface area contributed by atoms with Gasteiger partial charge in [0.2, 0.25) is 0 Å². The third kappa shape index (κ3) is 2.62. The zero-order chi connectivity index (χ0) is 18.2. The molecule has 2 aliphatic rings. The van der Waals surface area contributed by atoms with E-state index >= 15 is 0 Å². The predicted octanol–water partition coefficient (Wildman–Crippen LogP) is 4.13. The molecule has 4 nitrogen and oxygen atoms in total. The van der Waals surface area contributed by atoms with Crippen molar-refractivity contribution in [2.75, 3.05) is 0 Å². The van der Waals surface area contributed by atoms with Crippen molar-refractivity contribution in [2.24, 2.45) is 23.0 Å². The molecule has 1 aromatic rings. The Labute approximate surface area is 161 Å². The van der Waals surface area contributed by atoms with Crippen LogP contribution in [-0.4, -0.2) is 0 Å². The Morgan fingerprint density at radius 1 is 1.24 bits per heavy atom. The number of fused-ring (bicyclic) bond motifs is 1. The first kappa shape index (κ1) is 17.5. The van der Waals surface area contributed by atoms with Gasteiger partial charge < -0.3 is 5.73 Å². The molecule has 2 N–H and O–H groups in total. The van der Waals surface area contributed by atoms with Crippen LogP contribution in [0.3, 0.4) is 0 Å². The quantitative estimate of drug-likeness (QED) is 0.664. The molecule has 0 saturated carbocycles. The second-order valence-corrected chi connectivity index (χ2v) is 8.05. The van der Waals surface area contributed by atoms with Crippen LogP contribution in [0.5, 0.6) is 0 Å². The van der Waals surface area contributed by atoms with Gasteiger partial charge in [-0.1, -0.05) is 25.1 Å². The minimum atomic E-state index is -1.52. The largest absolute Gasteiger partial charge is 0.399 e. The van der Waals surface area contributed by atoms with Crippen LogP contribution in [0.1, 0.15) is 31.2 Å². The molecule has 5 heteroatoms. The molecule has 0 aliphatic heterocycles. The van der Waals surface area contributed by atoms with E-state index in [-0.39, 0.29) is 17.5 Å². The number of hydrogen-bond donors (Lipinski definition) is 1. The van der Waals surface area contributed by atoms with Crippen LogP contribution in [0, 0.1) is 54.8 Å². The molecule has 2 aliphatic carbocycles. The number of nitrogens with zero attached hydrogens (tertiary/aromatic N) is 3. The summed E-state index contributed by atoms with van der Waals surface area (Å²) in [6, 6.07) is 14.4. The zero-order valence-electron chi connectivity index (χ0n) is 13.8. The lowest BCUT2D eigenvalue weighted by Gasteiger charge is -2.44. The summed E-state index contributed by atoms with van der Waals surface area (Å²) in [5.74, 6) is 0.0138. The third-order valence-electron chi connectivity index (χ3n) is 5.32. The molecule has 0 bridgehead atoms. The normalized spacial score (nSPS) is 27.3. The van der Waals surface area contributed by atoms with E-state index < -0.39 is 5.41 Å². The van der Waals surface area contributed by atoms with Crippen molar-refractivity contribution in [3.8, 4) is 18.2 Å². The van der Waals surface area contributed by atoms with Crippen molar-refractivity contribution in [2.45, 2.75) is 25.7 Å². The SMILES string of the molecule is CC1CC=C2C(C#N)=C(N)C(C#N)(C#N)C(c3cccc(I)c3)C2C1. The van der Waals surface area contributed by atoms with E-state index in [1.54, 1.807) is 0 Å². The van der Waals surface area contributed by atoms with Crippen molar-refractivity contribution >= 4 is 22.6 Å². The van der Waals surface area contributed by atoms with Crippen molar-refractivity contribution in [3.05, 3.63) is 56.3 Å². The molecule has 0 aromatic heterocycles. The monoisotopic (exact) mass is 440 g/mol. The minimum Gasteiger partial charge on any atom is -0.399 e. The van der Waals surface area contributed by atoms with Crippen molar-refractivity contribution < 1.29 is 0 Å². The van der Waals surface area contributed by atoms with Gasteiger partial charge in [-0.2, -0.15) is 15.8 Å². The standard InChI is InChI=1S/C20H17IN4/c1-12-5-6-15-16(7-12)18(13-3-2-4-14(21)8-13)20(10-23,11-24)19(25)17(15)9-22/h2-4,6,8,12,16,18H,5,7,25H2,1H3. The number of benzene rings is 1. The topological polar surface area (TPSA) is 97.4 Å². The summed E-state index contributed by atoms with van der Waals surface area (Å²) >= 11 is 2.23. The van der Waals surface area contributed by atoms with Crippen LogP contribution >= 0.6 is 22.6 Å². The average Bonchev–Trinajstić information content (AvgIpc) is 2.61. The maximum absolute atomic E-state index is 9.97. The van der Waals surface area contributed by atoms with E-state index in [0.717, 1.165) is 27.5 Å². The van der Waals surface area contributed by atoms with E-state index in [0.29, 0.717) is 11.5 Å². The number of rotatable bonds is 1. The molecule has 3 unspecified atom stereocenters. The van der Waals surface area contributed by atoms with Crippen LogP contribution in [0.15, 0.2) is 47.2 Å². The average molecular weight is 440 g/mol. The molecule has 0 saturated heterocycles. The molecule has 0 fully saturated rings. The molecular formula is C20H17IN4. The lowest BCUT2D eigenvalue weighted by molar-refractivity contribution is 0.284. The van der Waals surface area contributed by atoms with E-state index in [1.165, 1.54) is 0 Å². The zero-order valence-corrected chi connectivity index (χ0v) is 16.0. The van der Waals surface area contributed by atoms with Gasteiger partial charge in [0, 0.05) is 9.49 Å². The smallest absolute Gasteiger partial charge is 0.191 e.